The third-order valence-electron chi connectivity index (χ3n) is 10.7. The van der Waals surface area contributed by atoms with Gasteiger partial charge in [0, 0.05) is 23.7 Å². The van der Waals surface area contributed by atoms with Crippen molar-refractivity contribution in [2.75, 3.05) is 0 Å². The third kappa shape index (κ3) is 6.91. The number of carbonyl (C=O) groups excluding carboxylic acids is 1. The van der Waals surface area contributed by atoms with E-state index in [1.807, 2.05) is 6.07 Å². The second-order valence-electron chi connectivity index (χ2n) is 14.1. The molecule has 4 fully saturated rings. The van der Waals surface area contributed by atoms with Gasteiger partial charge in [-0.1, -0.05) is 18.6 Å². The molecular formula is C37H45F2N3O5S. The smallest absolute Gasteiger partial charge is 0.298 e. The molecule has 3 N–H and O–H groups in total. The maximum Gasteiger partial charge on any atom is 0.298 e. The summed E-state index contributed by atoms with van der Waals surface area (Å²) in [5.41, 5.74) is 5.74. The fraction of sp³-hybridized carbons (Fsp3) is 0.541. The van der Waals surface area contributed by atoms with Crippen LogP contribution in [0.4, 0.5) is 8.78 Å². The number of benzene rings is 3. The summed E-state index contributed by atoms with van der Waals surface area (Å²) in [7, 11) is -4.57. The maximum atomic E-state index is 16.6. The Hall–Kier alpha value is -3.28. The first-order chi connectivity index (χ1) is 23.1. The number of sulfonamides is 1. The van der Waals surface area contributed by atoms with Crippen LogP contribution in [0, 0.1) is 0 Å². The van der Waals surface area contributed by atoms with Crippen molar-refractivity contribution in [1.82, 2.24) is 9.62 Å². The molecule has 3 aromatic carbocycles. The number of rotatable bonds is 10. The van der Waals surface area contributed by atoms with Gasteiger partial charge < -0.3 is 20.1 Å². The van der Waals surface area contributed by atoms with E-state index in [-0.39, 0.29) is 35.2 Å². The van der Waals surface area contributed by atoms with E-state index < -0.39 is 33.5 Å². The zero-order valence-corrected chi connectivity index (χ0v) is 28.0. The van der Waals surface area contributed by atoms with E-state index in [1.165, 1.54) is 41.3 Å². The molecule has 7 rings (SSSR count). The molecule has 8 nitrogen and oxygen atoms in total. The largest absolute Gasteiger partial charge is 0.490 e. The minimum Gasteiger partial charge on any atom is -0.490 e. The van der Waals surface area contributed by atoms with E-state index in [1.54, 1.807) is 18.2 Å². The summed E-state index contributed by atoms with van der Waals surface area (Å²) in [5.74, 6) is -3.61. The van der Waals surface area contributed by atoms with E-state index in [2.05, 4.69) is 4.72 Å². The summed E-state index contributed by atoms with van der Waals surface area (Å²) in [5, 5.41) is 1.38. The highest BCUT2D eigenvalue weighted by atomic mass is 32.2. The Kier molecular flexibility index (Phi) is 9.38. The van der Waals surface area contributed by atoms with Crippen molar-refractivity contribution in [3.05, 3.63) is 66.2 Å². The van der Waals surface area contributed by atoms with Crippen LogP contribution in [0.5, 0.6) is 11.5 Å². The Morgan fingerprint density at radius 3 is 1.96 bits per heavy atom. The molecule has 4 aliphatic rings. The molecule has 2 aliphatic carbocycles. The van der Waals surface area contributed by atoms with Crippen molar-refractivity contribution in [2.45, 2.75) is 131 Å². The van der Waals surface area contributed by atoms with Crippen LogP contribution in [0.25, 0.3) is 10.8 Å². The van der Waals surface area contributed by atoms with Gasteiger partial charge in [0.05, 0.1) is 17.1 Å². The molecule has 258 valence electrons. The number of hydrogen-bond donors (Lipinski definition) is 2. The molecule has 2 heterocycles. The predicted molar refractivity (Wildman–Crippen MR) is 180 cm³/mol. The van der Waals surface area contributed by atoms with E-state index in [0.29, 0.717) is 42.6 Å². The lowest BCUT2D eigenvalue weighted by molar-refractivity contribution is -0.149. The van der Waals surface area contributed by atoms with Gasteiger partial charge in [0.2, 0.25) is 15.9 Å². The topological polar surface area (TPSA) is 111 Å². The molecule has 0 spiro atoms. The van der Waals surface area contributed by atoms with Crippen molar-refractivity contribution < 1.29 is 31.5 Å². The Bertz CT molecular complexity index is 1710. The first-order valence-electron chi connectivity index (χ1n) is 17.5. The number of carbonyl (C=O) groups is 1. The summed E-state index contributed by atoms with van der Waals surface area (Å²) in [4.78, 5) is 15.4. The van der Waals surface area contributed by atoms with Gasteiger partial charge in [-0.2, -0.15) is 13.5 Å². The molecule has 2 saturated carbocycles. The number of nitrogens with one attached hydrogen (secondary N) is 1. The average Bonchev–Trinajstić information content (AvgIpc) is 3.69. The fourth-order valence-electron chi connectivity index (χ4n) is 8.17. The van der Waals surface area contributed by atoms with E-state index in [9.17, 15) is 13.2 Å². The number of nitrogens with two attached hydrogens (primary N) is 1. The Morgan fingerprint density at radius 2 is 1.31 bits per heavy atom. The lowest BCUT2D eigenvalue weighted by atomic mass is 9.94. The van der Waals surface area contributed by atoms with E-state index >= 15 is 8.78 Å². The van der Waals surface area contributed by atoms with Gasteiger partial charge >= 0.3 is 0 Å². The van der Waals surface area contributed by atoms with Gasteiger partial charge in [-0.15, -0.1) is 0 Å². The number of fused-ring (bicyclic) bond motifs is 3. The number of amides is 1. The van der Waals surface area contributed by atoms with Crippen molar-refractivity contribution in [3.8, 4) is 11.5 Å². The number of alkyl halides is 2. The molecule has 2 aliphatic heterocycles. The SMILES string of the molecule is NC1CC2CCC(C1)N2C(=O)[C@@H](NS(=O)(=O)c1ccc2cc(OC3CCCC3)ccc2c1)C(F)(F)c1ccc(OC2CCCCC2)cc1. The van der Waals surface area contributed by atoms with Crippen molar-refractivity contribution in [3.63, 3.8) is 0 Å². The zero-order chi connectivity index (χ0) is 33.5. The normalized spacial score (nSPS) is 24.6. The first-order valence-corrected chi connectivity index (χ1v) is 19.0. The minimum atomic E-state index is -4.57. The van der Waals surface area contributed by atoms with Crippen LogP contribution in [0.1, 0.15) is 89.0 Å². The van der Waals surface area contributed by atoms with Gasteiger partial charge in [-0.3, -0.25) is 4.79 Å². The van der Waals surface area contributed by atoms with Gasteiger partial charge in [-0.25, -0.2) is 8.42 Å². The average molecular weight is 682 g/mol. The van der Waals surface area contributed by atoms with Crippen LogP contribution in [0.2, 0.25) is 0 Å². The van der Waals surface area contributed by atoms with Gasteiger partial charge in [0.1, 0.15) is 11.5 Å². The van der Waals surface area contributed by atoms with Gasteiger partial charge in [0.25, 0.3) is 5.92 Å². The highest BCUT2D eigenvalue weighted by Crippen LogP contribution is 2.40. The Morgan fingerprint density at radius 1 is 0.771 bits per heavy atom. The fourth-order valence-corrected chi connectivity index (χ4v) is 9.39. The quantitative estimate of drug-likeness (QED) is 0.244. The van der Waals surface area contributed by atoms with Crippen LogP contribution in [0.3, 0.4) is 0 Å². The molecular weight excluding hydrogens is 636 g/mol. The molecule has 0 radical (unpaired) electrons. The van der Waals surface area contributed by atoms with E-state index in [4.69, 9.17) is 15.2 Å². The van der Waals surface area contributed by atoms with Crippen LogP contribution < -0.4 is 19.9 Å². The monoisotopic (exact) mass is 681 g/mol. The van der Waals surface area contributed by atoms with Crippen molar-refractivity contribution >= 4 is 26.7 Å². The Balaban J connectivity index is 1.16. The van der Waals surface area contributed by atoms with Crippen LogP contribution >= 0.6 is 0 Å². The highest BCUT2D eigenvalue weighted by Gasteiger charge is 2.53. The van der Waals surface area contributed by atoms with Gasteiger partial charge in [0.15, 0.2) is 6.04 Å². The number of hydrogen-bond acceptors (Lipinski definition) is 6. The summed E-state index contributed by atoms with van der Waals surface area (Å²) in [6, 6.07) is 12.2. The highest BCUT2D eigenvalue weighted by molar-refractivity contribution is 7.89. The first kappa shape index (κ1) is 33.2. The summed E-state index contributed by atoms with van der Waals surface area (Å²) in [6.07, 6.45) is 12.0. The van der Waals surface area contributed by atoms with Gasteiger partial charge in [-0.05, 0) is 136 Å². The van der Waals surface area contributed by atoms with Crippen molar-refractivity contribution in [2.24, 2.45) is 5.73 Å². The summed E-state index contributed by atoms with van der Waals surface area (Å²) in [6.45, 7) is 0. The third-order valence-corrected chi connectivity index (χ3v) is 12.1. The lowest BCUT2D eigenvalue weighted by Gasteiger charge is -2.41. The molecule has 48 heavy (non-hydrogen) atoms. The molecule has 1 amide bonds. The van der Waals surface area contributed by atoms with Crippen LogP contribution in [0.15, 0.2) is 65.6 Å². The van der Waals surface area contributed by atoms with Crippen LogP contribution in [-0.2, 0) is 20.7 Å². The minimum absolute atomic E-state index is 0.0422. The summed E-state index contributed by atoms with van der Waals surface area (Å²) >= 11 is 0. The standard InChI is InChI=1S/C37H45F2N3O5S/c38-37(39,26-12-17-32(18-13-26)46-30-6-2-1-3-7-30)35(36(43)42-28-14-15-29(42)23-27(40)22-28)41-48(44,45)34-19-11-24-20-33(16-10-25(24)21-34)47-31-8-4-5-9-31/h10-13,16-21,27-31,35,41H,1-9,14-15,22-23,40H2/t27?,28?,29?,35-/m1/s1. The van der Waals surface area contributed by atoms with Crippen molar-refractivity contribution in [1.29, 1.82) is 0 Å². The maximum absolute atomic E-state index is 16.6. The number of nitrogens with zero attached hydrogens (tertiary/aromatic N) is 1. The second kappa shape index (κ2) is 13.6. The Labute approximate surface area is 281 Å². The number of halogens is 2. The lowest BCUT2D eigenvalue weighted by Crippen LogP contribution is -2.60. The molecule has 3 atom stereocenters. The molecule has 11 heteroatoms. The molecule has 3 aromatic rings. The molecule has 2 unspecified atom stereocenters. The van der Waals surface area contributed by atoms with E-state index in [0.717, 1.165) is 63.2 Å². The summed E-state index contributed by atoms with van der Waals surface area (Å²) < 4.78 is 75.3. The molecule has 2 bridgehead atoms. The molecule has 2 saturated heterocycles. The zero-order valence-electron chi connectivity index (χ0n) is 27.2. The predicted octanol–water partition coefficient (Wildman–Crippen LogP) is 6.79. The molecule has 0 aromatic heterocycles. The second-order valence-corrected chi connectivity index (χ2v) is 15.9. The number of piperidine rings is 1. The van der Waals surface area contributed by atoms with Crippen LogP contribution in [-0.4, -0.2) is 55.6 Å². The number of ether oxygens (including phenoxy) is 2.